The minimum absolute atomic E-state index is 0.594. The molecule has 2 aliphatic rings. The van der Waals surface area contributed by atoms with Gasteiger partial charge in [-0.25, -0.2) is 0 Å². The number of fused-ring (bicyclic) bond motifs is 6. The van der Waals surface area contributed by atoms with Gasteiger partial charge in [-0.05, 0) is 0 Å². The Labute approximate surface area is 212 Å². The first-order valence-corrected chi connectivity index (χ1v) is 13.8. The molecular formula is C32H29Zr. The zero-order chi connectivity index (χ0) is 22.5. The fourth-order valence-corrected chi connectivity index (χ4v) is 7.63. The van der Waals surface area contributed by atoms with Crippen molar-refractivity contribution in [3.63, 3.8) is 0 Å². The van der Waals surface area contributed by atoms with Crippen LogP contribution in [0, 0.1) is 0 Å². The number of benzene rings is 4. The van der Waals surface area contributed by atoms with Gasteiger partial charge in [-0.2, -0.15) is 0 Å². The van der Waals surface area contributed by atoms with Crippen molar-refractivity contribution in [2.75, 3.05) is 0 Å². The number of hydrogen-bond donors (Lipinski definition) is 0. The average molecular weight is 505 g/mol. The molecule has 1 atom stereocenters. The predicted octanol–water partition coefficient (Wildman–Crippen LogP) is 7.78. The van der Waals surface area contributed by atoms with E-state index < -0.39 is 0 Å². The molecule has 33 heavy (non-hydrogen) atoms. The van der Waals surface area contributed by atoms with Crippen molar-refractivity contribution in [2.45, 2.75) is 49.6 Å². The van der Waals surface area contributed by atoms with Crippen LogP contribution in [-0.2, 0) is 56.8 Å². The Bertz CT molecular complexity index is 1380. The number of rotatable bonds is 5. The molecule has 0 bridgehead atoms. The second-order valence-corrected chi connectivity index (χ2v) is 11.2. The van der Waals surface area contributed by atoms with Gasteiger partial charge in [-0.3, -0.25) is 0 Å². The summed E-state index contributed by atoms with van der Waals surface area (Å²) in [7, 11) is 0. The molecule has 0 saturated carbocycles. The van der Waals surface area contributed by atoms with Crippen LogP contribution in [0.1, 0.15) is 62.0 Å². The van der Waals surface area contributed by atoms with Crippen LogP contribution in [0.15, 0.2) is 72.8 Å². The number of hydrogen-bond acceptors (Lipinski definition) is 0. The summed E-state index contributed by atoms with van der Waals surface area (Å²) in [5.74, 6) is 0. The van der Waals surface area contributed by atoms with Crippen molar-refractivity contribution < 1.29 is 24.7 Å². The molecule has 0 saturated heterocycles. The molecule has 161 valence electrons. The van der Waals surface area contributed by atoms with Crippen molar-refractivity contribution in [2.24, 2.45) is 0 Å². The quantitative estimate of drug-likeness (QED) is 0.225. The van der Waals surface area contributed by atoms with Crippen LogP contribution in [0.2, 0.25) is 0 Å². The Balaban J connectivity index is 1.44. The molecule has 4 aromatic carbocycles. The average Bonchev–Trinajstić information content (AvgIpc) is 3.42. The summed E-state index contributed by atoms with van der Waals surface area (Å²) < 4.78 is 0.594. The summed E-state index contributed by atoms with van der Waals surface area (Å²) in [4.78, 5) is 0. The molecule has 2 aliphatic carbocycles. The van der Waals surface area contributed by atoms with E-state index in [0.717, 1.165) is 25.7 Å². The van der Waals surface area contributed by atoms with Crippen LogP contribution < -0.4 is 0 Å². The molecule has 0 spiro atoms. The van der Waals surface area contributed by atoms with Gasteiger partial charge in [0.15, 0.2) is 0 Å². The summed E-state index contributed by atoms with van der Waals surface area (Å²) in [6, 6.07) is 27.6. The van der Waals surface area contributed by atoms with E-state index in [-0.39, 0.29) is 0 Å². The van der Waals surface area contributed by atoms with Crippen LogP contribution >= 0.6 is 0 Å². The van der Waals surface area contributed by atoms with Gasteiger partial charge in [-0.15, -0.1) is 0 Å². The topological polar surface area (TPSA) is 0 Å². The van der Waals surface area contributed by atoms with E-state index in [1.165, 1.54) is 39.8 Å². The third kappa shape index (κ3) is 3.43. The van der Waals surface area contributed by atoms with Gasteiger partial charge in [0.1, 0.15) is 0 Å². The molecule has 0 nitrogen and oxygen atoms in total. The van der Waals surface area contributed by atoms with Crippen LogP contribution in [0.3, 0.4) is 0 Å². The Kier molecular flexibility index (Phi) is 5.50. The van der Waals surface area contributed by atoms with Crippen LogP contribution in [0.5, 0.6) is 0 Å². The van der Waals surface area contributed by atoms with Crippen molar-refractivity contribution >= 4 is 0 Å². The van der Waals surface area contributed by atoms with E-state index in [1.807, 2.05) is 0 Å². The third-order valence-electron chi connectivity index (χ3n) is 7.84. The molecule has 0 aliphatic heterocycles. The van der Waals surface area contributed by atoms with Gasteiger partial charge < -0.3 is 0 Å². The Morgan fingerprint density at radius 3 is 1.82 bits per heavy atom. The van der Waals surface area contributed by atoms with Gasteiger partial charge in [0.25, 0.3) is 0 Å². The monoisotopic (exact) mass is 503 g/mol. The molecule has 0 radical (unpaired) electrons. The van der Waals surface area contributed by atoms with E-state index in [1.54, 1.807) is 58.1 Å². The first-order valence-electron chi connectivity index (χ1n) is 12.4. The number of aryl methyl sites for hydroxylation is 2. The first kappa shape index (κ1) is 21.3. The van der Waals surface area contributed by atoms with E-state index in [4.69, 9.17) is 0 Å². The molecule has 0 amide bonds. The summed E-state index contributed by atoms with van der Waals surface area (Å²) in [6.07, 6.45) is 5.58. The zero-order valence-electron chi connectivity index (χ0n) is 19.5. The predicted molar refractivity (Wildman–Crippen MR) is 135 cm³/mol. The fourth-order valence-electron chi connectivity index (χ4n) is 6.24. The van der Waals surface area contributed by atoms with Gasteiger partial charge >= 0.3 is 214 Å². The molecule has 4 aromatic rings. The Morgan fingerprint density at radius 2 is 1.18 bits per heavy atom. The van der Waals surface area contributed by atoms with E-state index in [2.05, 4.69) is 86.6 Å². The Hall–Kier alpha value is -2.24. The summed E-state index contributed by atoms with van der Waals surface area (Å²) in [5, 5.41) is 0. The van der Waals surface area contributed by atoms with Crippen LogP contribution in [0.4, 0.5) is 0 Å². The third-order valence-corrected chi connectivity index (χ3v) is 9.05. The van der Waals surface area contributed by atoms with Crippen molar-refractivity contribution in [3.05, 3.63) is 117 Å². The minimum atomic E-state index is 0.594. The molecule has 0 N–H and O–H groups in total. The maximum atomic E-state index is 2.42. The van der Waals surface area contributed by atoms with E-state index in [9.17, 15) is 0 Å². The standard InChI is InChI=1S/C32H29.Zr/c1-3-21-13-15-29-25-11-7-5-9-23(25)19-31(29)27(21)17-18-28-22(4-2)14-16-30-26-12-8-6-10-24(26)20-32(28)30;/h5-17H,3-4,18-20H2,1-2H3;. The summed E-state index contributed by atoms with van der Waals surface area (Å²) in [6.45, 7) is 4.64. The molecule has 0 aromatic heterocycles. The van der Waals surface area contributed by atoms with Gasteiger partial charge in [-0.1, -0.05) is 0 Å². The molecular weight excluding hydrogens is 476 g/mol. The van der Waals surface area contributed by atoms with Crippen molar-refractivity contribution in [1.82, 2.24) is 0 Å². The van der Waals surface area contributed by atoms with Crippen LogP contribution in [0.25, 0.3) is 22.3 Å². The second-order valence-electron chi connectivity index (χ2n) is 9.53. The van der Waals surface area contributed by atoms with Crippen LogP contribution in [-0.4, -0.2) is 0 Å². The second kappa shape index (κ2) is 8.52. The molecule has 6 rings (SSSR count). The Morgan fingerprint density at radius 1 is 0.636 bits per heavy atom. The fraction of sp³-hybridized carbons (Fsp3) is 0.250. The van der Waals surface area contributed by atoms with E-state index in [0.29, 0.717) is 3.63 Å². The molecule has 0 heterocycles. The molecule has 1 heteroatoms. The van der Waals surface area contributed by atoms with Gasteiger partial charge in [0, 0.05) is 0 Å². The SMILES string of the molecule is CCc1ccc2c(c1C[CH]([Zr])c1c(CC)ccc3c1Cc1ccccc1-3)Cc1ccccc1-2. The first-order chi connectivity index (χ1) is 16.2. The molecule has 1 unspecified atom stereocenters. The zero-order valence-corrected chi connectivity index (χ0v) is 22.0. The summed E-state index contributed by atoms with van der Waals surface area (Å²) >= 11 is 1.63. The van der Waals surface area contributed by atoms with Gasteiger partial charge in [0.2, 0.25) is 0 Å². The van der Waals surface area contributed by atoms with Gasteiger partial charge in [0.05, 0.1) is 0 Å². The van der Waals surface area contributed by atoms with E-state index >= 15 is 0 Å². The molecule has 0 fully saturated rings. The normalized spacial score (nSPS) is 13.8. The maximum absolute atomic E-state index is 2.42. The van der Waals surface area contributed by atoms with Crippen molar-refractivity contribution in [1.29, 1.82) is 0 Å². The summed E-state index contributed by atoms with van der Waals surface area (Å²) in [5.41, 5.74) is 18.4. The van der Waals surface area contributed by atoms with Crippen molar-refractivity contribution in [3.8, 4) is 22.3 Å².